The highest BCUT2D eigenvalue weighted by molar-refractivity contribution is 6.30. The first-order valence-corrected chi connectivity index (χ1v) is 11.2. The van der Waals surface area contributed by atoms with Crippen molar-refractivity contribution in [2.45, 2.75) is 44.4 Å². The minimum Gasteiger partial charge on any atom is -0.491 e. The van der Waals surface area contributed by atoms with Gasteiger partial charge in [0.05, 0.1) is 6.10 Å². The van der Waals surface area contributed by atoms with E-state index in [0.717, 1.165) is 62.7 Å². The summed E-state index contributed by atoms with van der Waals surface area (Å²) in [6.45, 7) is 4.21. The van der Waals surface area contributed by atoms with Crippen LogP contribution in [0.3, 0.4) is 0 Å². The first-order valence-electron chi connectivity index (χ1n) is 10.8. The third kappa shape index (κ3) is 5.97. The molecule has 6 heteroatoms. The molecule has 0 radical (unpaired) electrons. The lowest BCUT2D eigenvalue weighted by molar-refractivity contribution is 0.0679. The molecule has 1 unspecified atom stereocenters. The van der Waals surface area contributed by atoms with Crippen molar-refractivity contribution in [3.05, 3.63) is 64.7 Å². The Bertz CT molecular complexity index is 829. The molecule has 160 valence electrons. The normalized spacial score (nSPS) is 20.2. The number of amides is 1. The predicted molar refractivity (Wildman–Crippen MR) is 118 cm³/mol. The van der Waals surface area contributed by atoms with Gasteiger partial charge in [0.1, 0.15) is 12.4 Å². The van der Waals surface area contributed by atoms with Crippen molar-refractivity contribution in [1.82, 2.24) is 10.2 Å². The molecule has 2 heterocycles. The number of carbonyl (C=O) groups excluding carboxylic acids is 1. The number of halogens is 1. The standard InChI is InChI=1S/C24H29ClN2O3/c25-20-8-6-18(7-9-20)16-27-12-10-21(11-13-27)26-24(28)19-3-1-4-22(15-19)30-17-23-5-2-14-29-23/h1,3-4,6-9,15,21,23H,2,5,10-14,16-17H2,(H,26,28). The second-order valence-electron chi connectivity index (χ2n) is 8.12. The van der Waals surface area contributed by atoms with Gasteiger partial charge in [-0.3, -0.25) is 9.69 Å². The fourth-order valence-corrected chi connectivity index (χ4v) is 4.17. The fraction of sp³-hybridized carbons (Fsp3) is 0.458. The van der Waals surface area contributed by atoms with E-state index in [-0.39, 0.29) is 18.1 Å². The van der Waals surface area contributed by atoms with Crippen LogP contribution in [0.25, 0.3) is 0 Å². The molecule has 2 aromatic rings. The molecule has 4 rings (SSSR count). The van der Waals surface area contributed by atoms with Gasteiger partial charge in [0.15, 0.2) is 0 Å². The Morgan fingerprint density at radius 1 is 1.13 bits per heavy atom. The van der Waals surface area contributed by atoms with Crippen LogP contribution in [-0.4, -0.2) is 49.3 Å². The van der Waals surface area contributed by atoms with Crippen molar-refractivity contribution in [3.8, 4) is 5.75 Å². The second kappa shape index (κ2) is 10.3. The largest absolute Gasteiger partial charge is 0.491 e. The highest BCUT2D eigenvalue weighted by Crippen LogP contribution is 2.19. The first kappa shape index (κ1) is 21.2. The van der Waals surface area contributed by atoms with Crippen molar-refractivity contribution in [2.24, 2.45) is 0 Å². The SMILES string of the molecule is O=C(NC1CCN(Cc2ccc(Cl)cc2)CC1)c1cccc(OCC2CCCO2)c1. The van der Waals surface area contributed by atoms with Gasteiger partial charge >= 0.3 is 0 Å². The van der Waals surface area contributed by atoms with Crippen molar-refractivity contribution >= 4 is 17.5 Å². The summed E-state index contributed by atoms with van der Waals surface area (Å²) >= 11 is 5.96. The summed E-state index contributed by atoms with van der Waals surface area (Å²) in [6, 6.07) is 15.6. The smallest absolute Gasteiger partial charge is 0.251 e. The summed E-state index contributed by atoms with van der Waals surface area (Å²) < 4.78 is 11.4. The van der Waals surface area contributed by atoms with Crippen LogP contribution < -0.4 is 10.1 Å². The monoisotopic (exact) mass is 428 g/mol. The van der Waals surface area contributed by atoms with Crippen molar-refractivity contribution in [1.29, 1.82) is 0 Å². The highest BCUT2D eigenvalue weighted by atomic mass is 35.5. The first-order chi connectivity index (χ1) is 14.7. The Labute approximate surface area is 183 Å². The average Bonchev–Trinajstić information content (AvgIpc) is 3.29. The fourth-order valence-electron chi connectivity index (χ4n) is 4.04. The number of piperidine rings is 1. The number of ether oxygens (including phenoxy) is 2. The van der Waals surface area contributed by atoms with Crippen LogP contribution in [0.15, 0.2) is 48.5 Å². The minimum atomic E-state index is -0.0336. The molecule has 1 N–H and O–H groups in total. The molecule has 5 nitrogen and oxygen atoms in total. The molecule has 2 aliphatic rings. The summed E-state index contributed by atoms with van der Waals surface area (Å²) in [4.78, 5) is 15.1. The molecule has 30 heavy (non-hydrogen) atoms. The van der Waals surface area contributed by atoms with Gasteiger partial charge in [-0.05, 0) is 61.6 Å². The molecular weight excluding hydrogens is 400 g/mol. The van der Waals surface area contributed by atoms with Crippen LogP contribution in [0.4, 0.5) is 0 Å². The maximum atomic E-state index is 12.7. The van der Waals surface area contributed by atoms with Crippen LogP contribution in [-0.2, 0) is 11.3 Å². The Morgan fingerprint density at radius 3 is 2.67 bits per heavy atom. The zero-order valence-electron chi connectivity index (χ0n) is 17.2. The Hall–Kier alpha value is -2.08. The molecule has 0 aromatic heterocycles. The van der Waals surface area contributed by atoms with E-state index in [0.29, 0.717) is 12.2 Å². The third-order valence-corrected chi connectivity index (χ3v) is 6.05. The zero-order valence-corrected chi connectivity index (χ0v) is 17.9. The number of carbonyl (C=O) groups is 1. The van der Waals surface area contributed by atoms with Crippen LogP contribution in [0, 0.1) is 0 Å². The average molecular weight is 429 g/mol. The van der Waals surface area contributed by atoms with Crippen LogP contribution in [0.5, 0.6) is 5.75 Å². The maximum absolute atomic E-state index is 12.7. The summed E-state index contributed by atoms with van der Waals surface area (Å²) in [5.74, 6) is 0.685. The Morgan fingerprint density at radius 2 is 1.93 bits per heavy atom. The van der Waals surface area contributed by atoms with Gasteiger partial charge in [0.2, 0.25) is 0 Å². The maximum Gasteiger partial charge on any atom is 0.251 e. The van der Waals surface area contributed by atoms with E-state index in [2.05, 4.69) is 22.3 Å². The van der Waals surface area contributed by atoms with Crippen LogP contribution in [0.2, 0.25) is 5.02 Å². The van der Waals surface area contributed by atoms with Crippen molar-refractivity contribution < 1.29 is 14.3 Å². The van der Waals surface area contributed by atoms with E-state index in [4.69, 9.17) is 21.1 Å². The molecular formula is C24H29ClN2O3. The third-order valence-electron chi connectivity index (χ3n) is 5.80. The molecule has 1 amide bonds. The van der Waals surface area contributed by atoms with Gasteiger partial charge in [0.25, 0.3) is 5.91 Å². The summed E-state index contributed by atoms with van der Waals surface area (Å²) in [6.07, 6.45) is 4.20. The molecule has 2 fully saturated rings. The molecule has 0 bridgehead atoms. The molecule has 2 aromatic carbocycles. The molecule has 0 aliphatic carbocycles. The Kier molecular flexibility index (Phi) is 7.26. The molecule has 2 saturated heterocycles. The van der Waals surface area contributed by atoms with E-state index in [1.807, 2.05) is 36.4 Å². The lowest BCUT2D eigenvalue weighted by atomic mass is 10.0. The lowest BCUT2D eigenvalue weighted by Crippen LogP contribution is -2.44. The summed E-state index contributed by atoms with van der Waals surface area (Å²) in [7, 11) is 0. The van der Waals surface area contributed by atoms with E-state index in [9.17, 15) is 4.79 Å². The van der Waals surface area contributed by atoms with Crippen LogP contribution >= 0.6 is 11.6 Å². The van der Waals surface area contributed by atoms with Crippen molar-refractivity contribution in [2.75, 3.05) is 26.3 Å². The molecule has 0 saturated carbocycles. The van der Waals surface area contributed by atoms with Gasteiger partial charge in [0, 0.05) is 42.9 Å². The minimum absolute atomic E-state index is 0.0336. The van der Waals surface area contributed by atoms with Gasteiger partial charge in [-0.15, -0.1) is 0 Å². The summed E-state index contributed by atoms with van der Waals surface area (Å²) in [5.41, 5.74) is 1.91. The van der Waals surface area contributed by atoms with Gasteiger partial charge in [-0.1, -0.05) is 29.8 Å². The number of benzene rings is 2. The van der Waals surface area contributed by atoms with E-state index >= 15 is 0 Å². The highest BCUT2D eigenvalue weighted by Gasteiger charge is 2.22. The van der Waals surface area contributed by atoms with Gasteiger partial charge in [-0.2, -0.15) is 0 Å². The number of nitrogens with one attached hydrogen (secondary N) is 1. The van der Waals surface area contributed by atoms with Crippen molar-refractivity contribution in [3.63, 3.8) is 0 Å². The van der Waals surface area contributed by atoms with E-state index in [1.54, 1.807) is 0 Å². The number of nitrogens with zero attached hydrogens (tertiary/aromatic N) is 1. The molecule has 0 spiro atoms. The van der Waals surface area contributed by atoms with Gasteiger partial charge in [-0.25, -0.2) is 0 Å². The number of likely N-dealkylation sites (tertiary alicyclic amines) is 1. The quantitative estimate of drug-likeness (QED) is 0.714. The number of rotatable bonds is 7. The van der Waals surface area contributed by atoms with E-state index in [1.165, 1.54) is 5.56 Å². The molecule has 1 atom stereocenters. The molecule has 2 aliphatic heterocycles. The van der Waals surface area contributed by atoms with E-state index < -0.39 is 0 Å². The Balaban J connectivity index is 1.23. The van der Waals surface area contributed by atoms with Gasteiger partial charge < -0.3 is 14.8 Å². The summed E-state index contributed by atoms with van der Waals surface area (Å²) in [5, 5.41) is 3.95. The second-order valence-corrected chi connectivity index (χ2v) is 8.56. The topological polar surface area (TPSA) is 50.8 Å². The predicted octanol–water partition coefficient (Wildman–Crippen LogP) is 4.29. The van der Waals surface area contributed by atoms with Crippen LogP contribution in [0.1, 0.15) is 41.6 Å². The lowest BCUT2D eigenvalue weighted by Gasteiger charge is -2.32. The number of hydrogen-bond acceptors (Lipinski definition) is 4. The number of hydrogen-bond donors (Lipinski definition) is 1. The zero-order chi connectivity index (χ0) is 20.8.